The Kier molecular flexibility index (Phi) is 4.05. The molecule has 1 saturated heterocycles. The molecule has 1 N–H and O–H groups in total. The number of nitrogens with one attached hydrogen (secondary N) is 1. The third kappa shape index (κ3) is 3.08. The lowest BCUT2D eigenvalue weighted by Crippen LogP contribution is -2.25. The molecule has 1 amide bonds. The lowest BCUT2D eigenvalue weighted by atomic mass is 10.2. The number of pyridine rings is 1. The maximum Gasteiger partial charge on any atom is 0.273 e. The molecule has 2 aromatic heterocycles. The van der Waals surface area contributed by atoms with E-state index in [0.29, 0.717) is 18.6 Å². The van der Waals surface area contributed by atoms with Crippen molar-refractivity contribution in [1.82, 2.24) is 20.4 Å². The van der Waals surface area contributed by atoms with E-state index in [0.717, 1.165) is 19.0 Å². The summed E-state index contributed by atoms with van der Waals surface area (Å²) in [4.78, 5) is 19.3. The third-order valence-electron chi connectivity index (χ3n) is 3.12. The van der Waals surface area contributed by atoms with Gasteiger partial charge in [0.25, 0.3) is 11.8 Å². The van der Waals surface area contributed by atoms with Gasteiger partial charge in [-0.2, -0.15) is 4.98 Å². The fraction of sp³-hybridized carbons (Fsp3) is 0.385. The topological polar surface area (TPSA) is 90.1 Å². The Hall–Kier alpha value is -2.42. The molecule has 0 aliphatic carbocycles. The second kappa shape index (κ2) is 6.14. The van der Waals surface area contributed by atoms with Gasteiger partial charge >= 0.3 is 0 Å². The molecular formula is C13H12F2N4O3. The average Bonchev–Trinajstić information content (AvgIpc) is 3.16. The molecule has 3 rings (SSSR count). The van der Waals surface area contributed by atoms with E-state index in [1.165, 1.54) is 0 Å². The van der Waals surface area contributed by atoms with Crippen molar-refractivity contribution in [2.45, 2.75) is 25.5 Å². The molecule has 1 atom stereocenters. The van der Waals surface area contributed by atoms with Crippen LogP contribution in [0.3, 0.4) is 0 Å². The fourth-order valence-corrected chi connectivity index (χ4v) is 2.07. The summed E-state index contributed by atoms with van der Waals surface area (Å²) in [6, 6.07) is 0.589. The average molecular weight is 310 g/mol. The number of aromatic nitrogens is 3. The Balaban J connectivity index is 1.61. The number of hydrogen-bond donors (Lipinski definition) is 1. The molecule has 0 spiro atoms. The molecular weight excluding hydrogens is 298 g/mol. The fourth-order valence-electron chi connectivity index (χ4n) is 2.07. The van der Waals surface area contributed by atoms with Crippen LogP contribution in [0.1, 0.15) is 41.1 Å². The molecule has 0 radical (unpaired) electrons. The second-order valence-corrected chi connectivity index (χ2v) is 4.72. The van der Waals surface area contributed by atoms with Gasteiger partial charge in [-0.05, 0) is 12.8 Å². The summed E-state index contributed by atoms with van der Waals surface area (Å²) in [5.74, 6) is -2.09. The summed E-state index contributed by atoms with van der Waals surface area (Å²) in [5.41, 5.74) is -0.496. The number of carbonyl (C=O) groups is 1. The Bertz CT molecular complexity index is 686. The van der Waals surface area contributed by atoms with Gasteiger partial charge in [-0.3, -0.25) is 4.79 Å². The molecule has 0 bridgehead atoms. The summed E-state index contributed by atoms with van der Waals surface area (Å²) >= 11 is 0. The van der Waals surface area contributed by atoms with Crippen LogP contribution in [-0.4, -0.2) is 27.6 Å². The third-order valence-corrected chi connectivity index (χ3v) is 3.12. The van der Waals surface area contributed by atoms with Crippen molar-refractivity contribution in [3.63, 3.8) is 0 Å². The van der Waals surface area contributed by atoms with Crippen molar-refractivity contribution in [3.8, 4) is 0 Å². The van der Waals surface area contributed by atoms with Gasteiger partial charge in [-0.1, -0.05) is 5.16 Å². The molecule has 1 fully saturated rings. The summed E-state index contributed by atoms with van der Waals surface area (Å²) < 4.78 is 36.6. The predicted molar refractivity (Wildman–Crippen MR) is 67.5 cm³/mol. The molecule has 7 nitrogen and oxygen atoms in total. The number of rotatable bonds is 4. The SMILES string of the molecule is O=C(NCc1noc(C2CCCO2)n1)c1ncc(F)cc1F. The molecule has 22 heavy (non-hydrogen) atoms. The summed E-state index contributed by atoms with van der Waals surface area (Å²) in [6.45, 7) is 0.585. The van der Waals surface area contributed by atoms with E-state index < -0.39 is 23.2 Å². The highest BCUT2D eigenvalue weighted by Gasteiger charge is 2.24. The first-order valence-electron chi connectivity index (χ1n) is 6.67. The highest BCUT2D eigenvalue weighted by Crippen LogP contribution is 2.26. The van der Waals surface area contributed by atoms with Crippen LogP contribution in [0.5, 0.6) is 0 Å². The highest BCUT2D eigenvalue weighted by atomic mass is 19.1. The van der Waals surface area contributed by atoms with Crippen molar-refractivity contribution in [2.24, 2.45) is 0 Å². The van der Waals surface area contributed by atoms with Crippen molar-refractivity contribution >= 4 is 5.91 Å². The van der Waals surface area contributed by atoms with Gasteiger partial charge in [0.15, 0.2) is 17.3 Å². The number of ether oxygens (including phenoxy) is 1. The minimum Gasteiger partial charge on any atom is -0.368 e. The molecule has 0 saturated carbocycles. The van der Waals surface area contributed by atoms with Crippen LogP contribution in [0.2, 0.25) is 0 Å². The quantitative estimate of drug-likeness (QED) is 0.921. The van der Waals surface area contributed by atoms with E-state index in [2.05, 4.69) is 20.4 Å². The Labute approximate surface area is 123 Å². The van der Waals surface area contributed by atoms with Crippen LogP contribution in [0.25, 0.3) is 0 Å². The summed E-state index contributed by atoms with van der Waals surface area (Å²) in [6.07, 6.45) is 2.28. The molecule has 2 aromatic rings. The molecule has 3 heterocycles. The molecule has 0 aromatic carbocycles. The molecule has 1 unspecified atom stereocenters. The number of amides is 1. The van der Waals surface area contributed by atoms with Crippen LogP contribution >= 0.6 is 0 Å². The first-order chi connectivity index (χ1) is 10.6. The Morgan fingerprint density at radius 1 is 1.45 bits per heavy atom. The molecule has 1 aliphatic heterocycles. The van der Waals surface area contributed by atoms with E-state index in [4.69, 9.17) is 9.26 Å². The Morgan fingerprint density at radius 2 is 2.32 bits per heavy atom. The number of carbonyl (C=O) groups excluding carboxylic acids is 1. The van der Waals surface area contributed by atoms with Crippen molar-refractivity contribution in [1.29, 1.82) is 0 Å². The zero-order valence-electron chi connectivity index (χ0n) is 11.4. The van der Waals surface area contributed by atoms with Gasteiger partial charge in [-0.25, -0.2) is 13.8 Å². The number of nitrogens with zero attached hydrogens (tertiary/aromatic N) is 3. The van der Waals surface area contributed by atoms with Gasteiger partial charge in [-0.15, -0.1) is 0 Å². The smallest absolute Gasteiger partial charge is 0.273 e. The van der Waals surface area contributed by atoms with E-state index in [-0.39, 0.29) is 18.5 Å². The molecule has 9 heteroatoms. The van der Waals surface area contributed by atoms with Crippen molar-refractivity contribution in [3.05, 3.63) is 41.3 Å². The van der Waals surface area contributed by atoms with Gasteiger partial charge in [0.1, 0.15) is 11.9 Å². The van der Waals surface area contributed by atoms with Crippen LogP contribution in [-0.2, 0) is 11.3 Å². The lowest BCUT2D eigenvalue weighted by Gasteiger charge is -2.03. The summed E-state index contributed by atoms with van der Waals surface area (Å²) in [5, 5.41) is 6.10. The largest absolute Gasteiger partial charge is 0.368 e. The minimum absolute atomic E-state index is 0.0620. The predicted octanol–water partition coefficient (Wildman–Crippen LogP) is 1.52. The van der Waals surface area contributed by atoms with E-state index in [1.54, 1.807) is 0 Å². The van der Waals surface area contributed by atoms with Crippen molar-refractivity contribution < 1.29 is 22.8 Å². The first kappa shape index (κ1) is 14.5. The van der Waals surface area contributed by atoms with Crippen LogP contribution in [0, 0.1) is 11.6 Å². The number of halogens is 2. The minimum atomic E-state index is -1.04. The van der Waals surface area contributed by atoms with Gasteiger partial charge in [0.2, 0.25) is 0 Å². The Morgan fingerprint density at radius 3 is 3.05 bits per heavy atom. The van der Waals surface area contributed by atoms with Crippen molar-refractivity contribution in [2.75, 3.05) is 6.61 Å². The van der Waals surface area contributed by atoms with Gasteiger partial charge in [0, 0.05) is 12.7 Å². The van der Waals surface area contributed by atoms with E-state index >= 15 is 0 Å². The number of hydrogen-bond acceptors (Lipinski definition) is 6. The zero-order chi connectivity index (χ0) is 15.5. The monoisotopic (exact) mass is 310 g/mol. The van der Waals surface area contributed by atoms with Crippen LogP contribution < -0.4 is 5.32 Å². The maximum atomic E-state index is 13.4. The van der Waals surface area contributed by atoms with E-state index in [1.807, 2.05) is 0 Å². The van der Waals surface area contributed by atoms with Gasteiger partial charge < -0.3 is 14.6 Å². The normalized spacial score (nSPS) is 17.6. The van der Waals surface area contributed by atoms with Crippen LogP contribution in [0.4, 0.5) is 8.78 Å². The maximum absolute atomic E-state index is 13.4. The summed E-state index contributed by atoms with van der Waals surface area (Å²) in [7, 11) is 0. The standard InChI is InChI=1S/C13H12F2N4O3/c14-7-4-8(15)11(16-5-7)12(20)17-6-10-18-13(22-19-10)9-2-1-3-21-9/h4-5,9H,1-3,6H2,(H,17,20). The van der Waals surface area contributed by atoms with Crippen LogP contribution in [0.15, 0.2) is 16.8 Å². The zero-order valence-corrected chi connectivity index (χ0v) is 11.4. The lowest BCUT2D eigenvalue weighted by molar-refractivity contribution is 0.0835. The van der Waals surface area contributed by atoms with Gasteiger partial charge in [0.05, 0.1) is 12.7 Å². The first-order valence-corrected chi connectivity index (χ1v) is 6.67. The molecule has 116 valence electrons. The molecule has 1 aliphatic rings. The highest BCUT2D eigenvalue weighted by molar-refractivity contribution is 5.92. The van der Waals surface area contributed by atoms with E-state index in [9.17, 15) is 13.6 Å². The second-order valence-electron chi connectivity index (χ2n) is 4.72.